The first kappa shape index (κ1) is 38.3. The third kappa shape index (κ3) is 9.94. The summed E-state index contributed by atoms with van der Waals surface area (Å²) in [6.07, 6.45) is -9.62. The van der Waals surface area contributed by atoms with E-state index in [-0.39, 0.29) is 46.7 Å². The van der Waals surface area contributed by atoms with Crippen molar-refractivity contribution in [3.8, 4) is 0 Å². The summed E-state index contributed by atoms with van der Waals surface area (Å²) in [6.45, 7) is 6.00. The molecule has 0 saturated carbocycles. The quantitative estimate of drug-likeness (QED) is 0.130. The molecule has 6 nitrogen and oxygen atoms in total. The molecule has 0 unspecified atom stereocenters. The van der Waals surface area contributed by atoms with Gasteiger partial charge < -0.3 is 20.8 Å². The van der Waals surface area contributed by atoms with Crippen molar-refractivity contribution in [1.29, 1.82) is 0 Å². The number of rotatable bonds is 9. The van der Waals surface area contributed by atoms with Gasteiger partial charge in [-0.05, 0) is 79.3 Å². The Kier molecular flexibility index (Phi) is 12.0. The van der Waals surface area contributed by atoms with Gasteiger partial charge in [0.25, 0.3) is 0 Å². The number of hydrogen-bond acceptors (Lipinski definition) is 4. The van der Waals surface area contributed by atoms with Gasteiger partial charge in [0.2, 0.25) is 0 Å². The Morgan fingerprint density at radius 3 is 1.39 bits per heavy atom. The number of carboxylic acid groups (broad SMARTS) is 2. The van der Waals surface area contributed by atoms with Crippen LogP contribution in [0.15, 0.2) is 60.7 Å². The first-order valence-corrected chi connectivity index (χ1v) is 14.6. The first-order chi connectivity index (χ1) is 22.7. The molecular formula is C35H32F8N2O4. The standard InChI is InChI=1S/C18H17F4NO2.C17H15F4NO2/c1-3-11-5-7-13(12(8-11)9-15(24)25)23-14-6-4-10(2)16(17(14)19)18(20,21)22;1-9-3-5-12(11(7-9)8-14(23)24)22-13-6-4-10(2)15(16(13)18)17(19,20)21/h4-8,23H,3,9H2,1-2H3,(H,24,25);3-7,22H,8H2,1-2H3,(H,23,24). The van der Waals surface area contributed by atoms with E-state index in [4.69, 9.17) is 10.2 Å². The highest BCUT2D eigenvalue weighted by Crippen LogP contribution is 2.39. The van der Waals surface area contributed by atoms with Crippen LogP contribution >= 0.6 is 0 Å². The van der Waals surface area contributed by atoms with E-state index in [9.17, 15) is 44.7 Å². The predicted molar refractivity (Wildman–Crippen MR) is 169 cm³/mol. The molecule has 0 amide bonds. The molecule has 0 atom stereocenters. The van der Waals surface area contributed by atoms with Crippen LogP contribution in [0.4, 0.5) is 57.9 Å². The van der Waals surface area contributed by atoms with Crippen LogP contribution in [0.2, 0.25) is 0 Å². The van der Waals surface area contributed by atoms with E-state index in [2.05, 4.69) is 10.6 Å². The minimum Gasteiger partial charge on any atom is -0.481 e. The number of anilines is 4. The summed E-state index contributed by atoms with van der Waals surface area (Å²) in [4.78, 5) is 22.0. The van der Waals surface area contributed by atoms with Gasteiger partial charge in [-0.3, -0.25) is 9.59 Å². The highest BCUT2D eigenvalue weighted by molar-refractivity contribution is 5.76. The van der Waals surface area contributed by atoms with Gasteiger partial charge in [-0.2, -0.15) is 26.3 Å². The zero-order valence-corrected chi connectivity index (χ0v) is 26.6. The maximum Gasteiger partial charge on any atom is 0.419 e. The molecule has 4 aromatic carbocycles. The summed E-state index contributed by atoms with van der Waals surface area (Å²) >= 11 is 0. The van der Waals surface area contributed by atoms with Gasteiger partial charge in [0.05, 0.1) is 35.3 Å². The van der Waals surface area contributed by atoms with E-state index >= 15 is 0 Å². The Morgan fingerprint density at radius 2 is 1.00 bits per heavy atom. The van der Waals surface area contributed by atoms with Crippen LogP contribution in [0, 0.1) is 32.4 Å². The molecule has 4 rings (SSSR count). The summed E-state index contributed by atoms with van der Waals surface area (Å²) < 4.78 is 107. The fraction of sp³-hybridized carbons (Fsp3) is 0.257. The smallest absolute Gasteiger partial charge is 0.419 e. The zero-order valence-electron chi connectivity index (χ0n) is 26.6. The summed E-state index contributed by atoms with van der Waals surface area (Å²) in [5, 5.41) is 23.1. The van der Waals surface area contributed by atoms with Crippen LogP contribution in [0.5, 0.6) is 0 Å². The first-order valence-electron chi connectivity index (χ1n) is 14.6. The third-order valence-electron chi connectivity index (χ3n) is 7.33. The van der Waals surface area contributed by atoms with Gasteiger partial charge in [0.1, 0.15) is 0 Å². The number of halogens is 8. The van der Waals surface area contributed by atoms with E-state index in [1.54, 1.807) is 37.3 Å². The third-order valence-corrected chi connectivity index (χ3v) is 7.33. The Hall–Kier alpha value is -5.14. The van der Waals surface area contributed by atoms with Crippen LogP contribution < -0.4 is 10.6 Å². The van der Waals surface area contributed by atoms with E-state index in [1.807, 2.05) is 6.92 Å². The van der Waals surface area contributed by atoms with Crippen molar-refractivity contribution in [2.45, 2.75) is 59.3 Å². The number of benzene rings is 4. The van der Waals surface area contributed by atoms with Gasteiger partial charge in [-0.15, -0.1) is 0 Å². The number of aliphatic carboxylic acids is 2. The number of alkyl halides is 6. The molecule has 0 aliphatic heterocycles. The van der Waals surface area contributed by atoms with Crippen molar-refractivity contribution in [2.75, 3.05) is 10.6 Å². The maximum atomic E-state index is 14.4. The van der Waals surface area contributed by atoms with E-state index in [0.717, 1.165) is 11.1 Å². The van der Waals surface area contributed by atoms with Crippen LogP contribution in [0.3, 0.4) is 0 Å². The zero-order chi connectivity index (χ0) is 36.8. The fourth-order valence-electron chi connectivity index (χ4n) is 4.98. The molecule has 262 valence electrons. The van der Waals surface area contributed by atoms with Crippen LogP contribution in [0.1, 0.15) is 51.4 Å². The van der Waals surface area contributed by atoms with E-state index < -0.39 is 47.1 Å². The Bertz CT molecular complexity index is 1850. The second kappa shape index (κ2) is 15.4. The monoisotopic (exact) mass is 696 g/mol. The SMILES string of the molecule is CCc1ccc(Nc2ccc(C)c(C(F)(F)F)c2F)c(CC(=O)O)c1.Cc1ccc(Nc2ccc(C)c(C(F)(F)F)c2F)c(CC(=O)O)c1. The van der Waals surface area contributed by atoms with Crippen LogP contribution in [-0.2, 0) is 41.2 Å². The molecule has 4 aromatic rings. The average Bonchev–Trinajstić information content (AvgIpc) is 2.96. The van der Waals surface area contributed by atoms with Crippen molar-refractivity contribution in [1.82, 2.24) is 0 Å². The molecule has 0 heterocycles. The topological polar surface area (TPSA) is 98.7 Å². The number of carbonyl (C=O) groups is 2. The second-order valence-corrected chi connectivity index (χ2v) is 11.1. The molecule has 0 radical (unpaired) electrons. The summed E-state index contributed by atoms with van der Waals surface area (Å²) in [5.74, 6) is -5.00. The molecule has 0 saturated heterocycles. The molecule has 0 fully saturated rings. The Labute approximate surface area is 276 Å². The van der Waals surface area contributed by atoms with Crippen molar-refractivity contribution < 1.29 is 54.9 Å². The number of hydrogen-bond donors (Lipinski definition) is 4. The van der Waals surface area contributed by atoms with Gasteiger partial charge >= 0.3 is 24.3 Å². The lowest BCUT2D eigenvalue weighted by Gasteiger charge is -2.17. The van der Waals surface area contributed by atoms with Crippen LogP contribution in [-0.4, -0.2) is 22.2 Å². The van der Waals surface area contributed by atoms with Crippen molar-refractivity contribution in [3.05, 3.63) is 117 Å². The van der Waals surface area contributed by atoms with E-state index in [1.165, 1.54) is 44.2 Å². The molecule has 0 spiro atoms. The van der Waals surface area contributed by atoms with Crippen LogP contribution in [0.25, 0.3) is 0 Å². The lowest BCUT2D eigenvalue weighted by atomic mass is 10.0. The molecular weight excluding hydrogens is 664 g/mol. The van der Waals surface area contributed by atoms with Gasteiger partial charge in [0.15, 0.2) is 11.6 Å². The van der Waals surface area contributed by atoms with E-state index in [0.29, 0.717) is 17.5 Å². The minimum atomic E-state index is -4.82. The average molecular weight is 697 g/mol. The van der Waals surface area contributed by atoms with Crippen molar-refractivity contribution in [2.24, 2.45) is 0 Å². The predicted octanol–water partition coefficient (Wildman–Crippen LogP) is 9.92. The van der Waals surface area contributed by atoms with Gasteiger partial charge in [-0.1, -0.05) is 48.9 Å². The largest absolute Gasteiger partial charge is 0.481 e. The number of aryl methyl sites for hydroxylation is 4. The maximum absolute atomic E-state index is 14.4. The minimum absolute atomic E-state index is 0.220. The molecule has 0 aliphatic carbocycles. The summed E-state index contributed by atoms with van der Waals surface area (Å²) in [6, 6.07) is 14.4. The second-order valence-electron chi connectivity index (χ2n) is 11.1. The molecule has 0 aliphatic rings. The molecule has 4 N–H and O–H groups in total. The highest BCUT2D eigenvalue weighted by atomic mass is 19.4. The number of carboxylic acids is 2. The van der Waals surface area contributed by atoms with Crippen molar-refractivity contribution in [3.63, 3.8) is 0 Å². The fourth-order valence-corrected chi connectivity index (χ4v) is 4.98. The normalized spacial score (nSPS) is 11.4. The molecule has 0 aromatic heterocycles. The summed E-state index contributed by atoms with van der Waals surface area (Å²) in [7, 11) is 0. The lowest BCUT2D eigenvalue weighted by molar-refractivity contribution is -0.141. The Morgan fingerprint density at radius 1 is 0.612 bits per heavy atom. The van der Waals surface area contributed by atoms with Crippen molar-refractivity contribution >= 4 is 34.7 Å². The number of nitrogens with one attached hydrogen (secondary N) is 2. The van der Waals surface area contributed by atoms with Gasteiger partial charge in [0, 0.05) is 11.4 Å². The summed E-state index contributed by atoms with van der Waals surface area (Å²) in [5.41, 5.74) is -0.910. The highest BCUT2D eigenvalue weighted by Gasteiger charge is 2.38. The Balaban J connectivity index is 0.000000266. The molecule has 0 bridgehead atoms. The molecule has 14 heteroatoms. The van der Waals surface area contributed by atoms with Gasteiger partial charge in [-0.25, -0.2) is 8.78 Å². The molecule has 49 heavy (non-hydrogen) atoms. The lowest BCUT2D eigenvalue weighted by Crippen LogP contribution is -2.13.